The Hall–Kier alpha value is -3.80. The first-order chi connectivity index (χ1) is 29.6. The van der Waals surface area contributed by atoms with Gasteiger partial charge in [0, 0.05) is 5.56 Å². The average molecular weight is 933 g/mol. The van der Waals surface area contributed by atoms with E-state index < -0.39 is 45.2 Å². The minimum Gasteiger partial charge on any atom is -0.494 e. The van der Waals surface area contributed by atoms with Crippen LogP contribution < -0.4 is 18.9 Å². The molecule has 0 amide bonds. The van der Waals surface area contributed by atoms with Gasteiger partial charge in [0.1, 0.15) is 29.6 Å². The first kappa shape index (κ1) is 50.2. The average Bonchev–Trinajstić information content (AvgIpc) is 3.84. The molecule has 3 atom stereocenters. The van der Waals surface area contributed by atoms with Crippen LogP contribution in [-0.4, -0.2) is 64.4 Å². The predicted octanol–water partition coefficient (Wildman–Crippen LogP) is 12.6. The number of ether oxygens (including phenoxy) is 5. The highest BCUT2D eigenvalue weighted by molar-refractivity contribution is 6.84. The maximum absolute atomic E-state index is 13.4. The van der Waals surface area contributed by atoms with Crippen LogP contribution in [0.2, 0.25) is 77.6 Å². The molecule has 3 aromatic rings. The summed E-state index contributed by atoms with van der Waals surface area (Å²) >= 11 is 0. The molecule has 2 aliphatic carbocycles. The zero-order valence-electron chi connectivity index (χ0n) is 39.5. The number of fused-ring (bicyclic) bond motifs is 2. The fourth-order valence-electron chi connectivity index (χ4n) is 8.64. The zero-order valence-corrected chi connectivity index (χ0v) is 43.5. The predicted molar refractivity (Wildman–Crippen MR) is 260 cm³/mol. The lowest BCUT2D eigenvalue weighted by molar-refractivity contribution is -0.150. The normalized spacial score (nSPS) is 17.4. The Labute approximate surface area is 380 Å². The van der Waals surface area contributed by atoms with Gasteiger partial charge in [-0.05, 0) is 182 Å². The third kappa shape index (κ3) is 17.3. The van der Waals surface area contributed by atoms with E-state index in [1.165, 1.54) is 0 Å². The van der Waals surface area contributed by atoms with Crippen LogP contribution in [0.25, 0.3) is 0 Å². The number of unbranched alkanes of at least 4 members (excludes halogenated alkanes) is 4. The number of benzene rings is 3. The summed E-state index contributed by atoms with van der Waals surface area (Å²) in [7, 11) is -6.33. The van der Waals surface area contributed by atoms with Crippen molar-refractivity contribution in [3.05, 3.63) is 95.6 Å². The van der Waals surface area contributed by atoms with Crippen molar-refractivity contribution in [3.63, 3.8) is 0 Å². The summed E-state index contributed by atoms with van der Waals surface area (Å²) in [5.41, 5.74) is 1.09. The van der Waals surface area contributed by atoms with Crippen LogP contribution in [0.4, 0.5) is 0 Å². The number of hydrogen-bond acceptors (Lipinski definition) is 10. The first-order valence-corrected chi connectivity index (χ1v) is 36.0. The van der Waals surface area contributed by atoms with Gasteiger partial charge in [0.15, 0.2) is 33.3 Å². The summed E-state index contributed by atoms with van der Waals surface area (Å²) in [5, 5.41) is 0. The van der Waals surface area contributed by atoms with E-state index in [0.29, 0.717) is 47.3 Å². The Morgan fingerprint density at radius 1 is 0.556 bits per heavy atom. The molecular weight excluding hydrogens is 861 g/mol. The van der Waals surface area contributed by atoms with Gasteiger partial charge in [-0.3, -0.25) is 4.79 Å². The SMILES string of the molecule is C[Si](C)(C)O[Si](C)(C)CCCCCOc1ccc(C(=O)Oc2ccc(OC(=O)c3ccc(OCCCCC[Si](C)(C)O[Si](C)(C)C)cc3)c(COC(=O)C3CC4C=CC3C4)c2)cc1. The molecular formula is C49H72O10Si4. The Balaban J connectivity index is 1.13. The van der Waals surface area contributed by atoms with E-state index in [-0.39, 0.29) is 35.9 Å². The molecule has 2 bridgehead atoms. The van der Waals surface area contributed by atoms with Gasteiger partial charge < -0.3 is 31.9 Å². The van der Waals surface area contributed by atoms with Crippen molar-refractivity contribution in [3.8, 4) is 23.0 Å². The Bertz CT molecular complexity index is 2000. The molecule has 5 rings (SSSR count). The minimum atomic E-state index is -1.64. The maximum atomic E-state index is 13.4. The summed E-state index contributed by atoms with van der Waals surface area (Å²) in [6, 6.07) is 20.7. The summed E-state index contributed by atoms with van der Waals surface area (Å²) in [5.74, 6) is 0.755. The largest absolute Gasteiger partial charge is 0.494 e. The van der Waals surface area contributed by atoms with Crippen molar-refractivity contribution < 1.29 is 46.3 Å². The van der Waals surface area contributed by atoms with E-state index in [2.05, 4.69) is 77.6 Å². The summed E-state index contributed by atoms with van der Waals surface area (Å²) < 4.78 is 42.3. The van der Waals surface area contributed by atoms with Gasteiger partial charge in [0.25, 0.3) is 0 Å². The molecule has 0 aromatic heterocycles. The molecule has 1 fully saturated rings. The molecule has 14 heteroatoms. The van der Waals surface area contributed by atoms with Gasteiger partial charge in [0.2, 0.25) is 0 Å². The van der Waals surface area contributed by atoms with Crippen LogP contribution in [0.15, 0.2) is 78.9 Å². The summed E-state index contributed by atoms with van der Waals surface area (Å²) in [4.78, 5) is 39.8. The molecule has 0 heterocycles. The lowest BCUT2D eigenvalue weighted by Crippen LogP contribution is -2.42. The Morgan fingerprint density at radius 2 is 1.05 bits per heavy atom. The monoisotopic (exact) mass is 932 g/mol. The van der Waals surface area contributed by atoms with Crippen LogP contribution >= 0.6 is 0 Å². The molecule has 0 saturated heterocycles. The highest BCUT2D eigenvalue weighted by atomic mass is 28.4. The van der Waals surface area contributed by atoms with Crippen LogP contribution in [-0.2, 0) is 24.4 Å². The van der Waals surface area contributed by atoms with Crippen molar-refractivity contribution in [1.82, 2.24) is 0 Å². The molecule has 3 aromatic carbocycles. The van der Waals surface area contributed by atoms with E-state index in [1.807, 2.05) is 0 Å². The first-order valence-electron chi connectivity index (χ1n) is 22.9. The number of allylic oxidation sites excluding steroid dienone is 2. The van der Waals surface area contributed by atoms with Crippen LogP contribution in [0.5, 0.6) is 23.0 Å². The molecule has 63 heavy (non-hydrogen) atoms. The van der Waals surface area contributed by atoms with Gasteiger partial charge >= 0.3 is 17.9 Å². The van der Waals surface area contributed by atoms with E-state index in [0.717, 1.165) is 63.5 Å². The quantitative estimate of drug-likeness (QED) is 0.0267. The highest BCUT2D eigenvalue weighted by Crippen LogP contribution is 2.44. The number of rotatable bonds is 25. The van der Waals surface area contributed by atoms with E-state index >= 15 is 0 Å². The lowest BCUT2D eigenvalue weighted by Gasteiger charge is -2.31. The van der Waals surface area contributed by atoms with E-state index in [4.69, 9.17) is 31.9 Å². The maximum Gasteiger partial charge on any atom is 0.343 e. The van der Waals surface area contributed by atoms with Crippen LogP contribution in [0, 0.1) is 17.8 Å². The minimum absolute atomic E-state index is 0.153. The summed E-state index contributed by atoms with van der Waals surface area (Å²) in [6.07, 6.45) is 12.3. The van der Waals surface area contributed by atoms with Crippen molar-refractivity contribution in [1.29, 1.82) is 0 Å². The van der Waals surface area contributed by atoms with Gasteiger partial charge in [0.05, 0.1) is 30.3 Å². The fourth-order valence-corrected chi connectivity index (χ4v) is 24.9. The Morgan fingerprint density at radius 3 is 1.51 bits per heavy atom. The van der Waals surface area contributed by atoms with Gasteiger partial charge in [-0.25, -0.2) is 9.59 Å². The topological polar surface area (TPSA) is 116 Å². The molecule has 0 radical (unpaired) electrons. The van der Waals surface area contributed by atoms with Crippen LogP contribution in [0.3, 0.4) is 0 Å². The zero-order chi connectivity index (χ0) is 45.8. The second kappa shape index (κ2) is 22.4. The van der Waals surface area contributed by atoms with Gasteiger partial charge in [-0.15, -0.1) is 0 Å². The smallest absolute Gasteiger partial charge is 0.343 e. The standard InChI is InChI=1S/C49H72O10Si4/c1-60(2,3)58-62(7,8)31-15-11-13-29-53-42-23-19-38(20-24-42)47(50)56-44-27-28-46(41(35-44)36-55-49(52)45-34-37-17-18-40(45)33-37)57-48(51)39-21-25-43(26-22-39)54-30-14-12-16-32-63(9,10)59-61(4,5)6/h17-28,35,37,40,45H,11-16,29-34,36H2,1-10H3. The van der Waals surface area contributed by atoms with Crippen molar-refractivity contribution in [2.45, 2.75) is 136 Å². The van der Waals surface area contributed by atoms with Crippen molar-refractivity contribution in [2.24, 2.45) is 17.8 Å². The molecule has 10 nitrogen and oxygen atoms in total. The molecule has 344 valence electrons. The Kier molecular flexibility index (Phi) is 17.8. The van der Waals surface area contributed by atoms with Crippen molar-refractivity contribution >= 4 is 51.2 Å². The van der Waals surface area contributed by atoms with Crippen molar-refractivity contribution in [2.75, 3.05) is 13.2 Å². The number of carbonyl (C=O) groups is 3. The number of hydrogen-bond donors (Lipinski definition) is 0. The van der Waals surface area contributed by atoms with E-state index in [1.54, 1.807) is 66.7 Å². The molecule has 0 aliphatic heterocycles. The molecule has 3 unspecified atom stereocenters. The van der Waals surface area contributed by atoms with Crippen LogP contribution in [0.1, 0.15) is 77.6 Å². The summed E-state index contributed by atoms with van der Waals surface area (Å²) in [6.45, 7) is 23.8. The fraction of sp³-hybridized carbons (Fsp3) is 0.531. The third-order valence-electron chi connectivity index (χ3n) is 11.1. The van der Waals surface area contributed by atoms with E-state index in [9.17, 15) is 14.4 Å². The second-order valence-corrected chi connectivity index (χ2v) is 38.5. The molecule has 1 saturated carbocycles. The molecule has 0 N–H and O–H groups in total. The van der Waals surface area contributed by atoms with Gasteiger partial charge in [-0.2, -0.15) is 0 Å². The van der Waals surface area contributed by atoms with Gasteiger partial charge in [-0.1, -0.05) is 37.8 Å². The highest BCUT2D eigenvalue weighted by Gasteiger charge is 2.41. The molecule has 0 spiro atoms. The number of carbonyl (C=O) groups excluding carboxylic acids is 3. The third-order valence-corrected chi connectivity index (χ3v) is 23.6. The lowest BCUT2D eigenvalue weighted by atomic mass is 9.94. The molecule has 2 aliphatic rings. The number of esters is 3. The second-order valence-electron chi connectivity index (χ2n) is 20.4.